The average molecular weight is 302 g/mol. The molecule has 1 aromatic carbocycles. The smallest absolute Gasteiger partial charge is 0.256 e. The topological polar surface area (TPSA) is 59.4 Å². The molecule has 1 N–H and O–H groups in total. The van der Waals surface area contributed by atoms with Crippen LogP contribution in [0.1, 0.15) is 0 Å². The van der Waals surface area contributed by atoms with Gasteiger partial charge in [0.15, 0.2) is 0 Å². The van der Waals surface area contributed by atoms with Crippen LogP contribution in [-0.4, -0.2) is 31.6 Å². The number of nitrogens with one attached hydrogen (secondary N) is 1. The van der Waals surface area contributed by atoms with Crippen LogP contribution in [0.4, 0.5) is 13.2 Å². The second kappa shape index (κ2) is 4.78. The minimum absolute atomic E-state index is 0.137. The summed E-state index contributed by atoms with van der Waals surface area (Å²) in [7, 11) is 0. The predicted molar refractivity (Wildman–Crippen MR) is 66.1 cm³/mol. The van der Waals surface area contributed by atoms with Gasteiger partial charge >= 0.3 is 0 Å². The van der Waals surface area contributed by atoms with Gasteiger partial charge < -0.3 is 4.57 Å². The van der Waals surface area contributed by atoms with Gasteiger partial charge in [-0.3, -0.25) is 0 Å². The number of aromatic amines is 1. The highest BCUT2D eigenvalue weighted by atomic mass is 35.5. The Morgan fingerprint density at radius 3 is 2.80 bits per heavy atom. The first-order chi connectivity index (χ1) is 9.56. The number of hydrogen-bond acceptors (Lipinski definition) is 3. The lowest BCUT2D eigenvalue weighted by Gasteiger charge is -2.07. The quantitative estimate of drug-likeness (QED) is 0.809. The molecular weight excluding hydrogens is 295 g/mol. The summed E-state index contributed by atoms with van der Waals surface area (Å²) in [6.45, 7) is -0.632. The van der Waals surface area contributed by atoms with Crippen LogP contribution in [0, 0.1) is 5.82 Å². The van der Waals surface area contributed by atoms with Crippen molar-refractivity contribution < 1.29 is 13.2 Å². The number of benzene rings is 1. The molecule has 2 aromatic heterocycles. The number of aromatic nitrogens is 5. The lowest BCUT2D eigenvalue weighted by atomic mass is 10.1. The fraction of sp³-hybridized carbons (Fsp3) is 0.182. The molecule has 20 heavy (non-hydrogen) atoms. The van der Waals surface area contributed by atoms with Crippen LogP contribution in [-0.2, 0) is 6.54 Å². The molecule has 2 heterocycles. The monoisotopic (exact) mass is 301 g/mol. The lowest BCUT2D eigenvalue weighted by molar-refractivity contribution is 0.128. The molecule has 0 radical (unpaired) electrons. The van der Waals surface area contributed by atoms with E-state index in [9.17, 15) is 13.2 Å². The van der Waals surface area contributed by atoms with Crippen LogP contribution in [0.25, 0.3) is 22.3 Å². The van der Waals surface area contributed by atoms with Crippen molar-refractivity contribution in [3.63, 3.8) is 0 Å². The molecule has 0 spiro atoms. The Bertz CT molecular complexity index is 753. The summed E-state index contributed by atoms with van der Waals surface area (Å²) in [6, 6.07) is 2.86. The third-order valence-electron chi connectivity index (χ3n) is 2.81. The Balaban J connectivity index is 2.32. The van der Waals surface area contributed by atoms with Crippen LogP contribution in [0.3, 0.4) is 0 Å². The van der Waals surface area contributed by atoms with Crippen molar-refractivity contribution in [3.8, 4) is 11.4 Å². The summed E-state index contributed by atoms with van der Waals surface area (Å²) in [5.41, 5.74) is 0.597. The van der Waals surface area contributed by atoms with Crippen molar-refractivity contribution in [1.29, 1.82) is 0 Å². The van der Waals surface area contributed by atoms with Crippen LogP contribution in [0.15, 0.2) is 18.3 Å². The van der Waals surface area contributed by atoms with Gasteiger partial charge in [-0.1, -0.05) is 11.6 Å². The second-order valence-corrected chi connectivity index (χ2v) is 4.54. The number of halogens is 4. The molecule has 0 aliphatic heterocycles. The first-order valence-electron chi connectivity index (χ1n) is 5.56. The summed E-state index contributed by atoms with van der Waals surface area (Å²) < 4.78 is 40.2. The van der Waals surface area contributed by atoms with Gasteiger partial charge in [-0.05, 0) is 17.3 Å². The van der Waals surface area contributed by atoms with Gasteiger partial charge in [0.1, 0.15) is 5.82 Å². The summed E-state index contributed by atoms with van der Waals surface area (Å²) in [5.74, 6) is -0.473. The predicted octanol–water partition coefficient (Wildman–Crippen LogP) is 2.88. The molecule has 0 fully saturated rings. The highest BCUT2D eigenvalue weighted by molar-refractivity contribution is 6.31. The van der Waals surface area contributed by atoms with Crippen molar-refractivity contribution in [2.24, 2.45) is 0 Å². The van der Waals surface area contributed by atoms with Gasteiger partial charge in [0, 0.05) is 22.2 Å². The number of H-pyrrole nitrogens is 1. The van der Waals surface area contributed by atoms with E-state index in [4.69, 9.17) is 11.6 Å². The number of nitrogens with zero attached hydrogens (tertiary/aromatic N) is 4. The molecule has 0 saturated heterocycles. The van der Waals surface area contributed by atoms with Crippen molar-refractivity contribution in [2.75, 3.05) is 0 Å². The number of tetrazole rings is 1. The number of alkyl halides is 2. The van der Waals surface area contributed by atoms with Crippen LogP contribution in [0.2, 0.25) is 5.02 Å². The highest BCUT2D eigenvalue weighted by Gasteiger charge is 2.19. The van der Waals surface area contributed by atoms with E-state index < -0.39 is 18.8 Å². The Morgan fingerprint density at radius 2 is 2.15 bits per heavy atom. The fourth-order valence-electron chi connectivity index (χ4n) is 2.10. The van der Waals surface area contributed by atoms with Crippen molar-refractivity contribution in [1.82, 2.24) is 25.2 Å². The summed E-state index contributed by atoms with van der Waals surface area (Å²) >= 11 is 5.92. The van der Waals surface area contributed by atoms with Crippen molar-refractivity contribution >= 4 is 22.5 Å². The summed E-state index contributed by atoms with van der Waals surface area (Å²) in [6.07, 6.45) is -1.60. The van der Waals surface area contributed by atoms with E-state index in [-0.39, 0.29) is 21.7 Å². The van der Waals surface area contributed by atoms with Gasteiger partial charge in [0.05, 0.1) is 12.1 Å². The summed E-state index contributed by atoms with van der Waals surface area (Å²) in [4.78, 5) is 0. The second-order valence-electron chi connectivity index (χ2n) is 4.11. The van der Waals surface area contributed by atoms with Crippen LogP contribution in [0.5, 0.6) is 0 Å². The molecule has 3 rings (SSSR count). The van der Waals surface area contributed by atoms with Crippen molar-refractivity contribution in [2.45, 2.75) is 13.0 Å². The zero-order valence-electron chi connectivity index (χ0n) is 9.82. The van der Waals surface area contributed by atoms with Gasteiger partial charge in [-0.2, -0.15) is 5.21 Å². The minimum atomic E-state index is -2.61. The number of fused-ring (bicyclic) bond motifs is 1. The molecule has 9 heteroatoms. The maximum atomic E-state index is 13.9. The van der Waals surface area contributed by atoms with E-state index in [1.807, 2.05) is 0 Å². The molecule has 0 aliphatic rings. The first kappa shape index (κ1) is 12.9. The summed E-state index contributed by atoms with van der Waals surface area (Å²) in [5, 5.41) is 13.6. The molecule has 3 aromatic rings. The minimum Gasteiger partial charge on any atom is -0.338 e. The van der Waals surface area contributed by atoms with Gasteiger partial charge in [-0.15, -0.1) is 10.2 Å². The maximum absolute atomic E-state index is 13.9. The van der Waals surface area contributed by atoms with E-state index in [0.717, 1.165) is 10.8 Å². The highest BCUT2D eigenvalue weighted by Crippen LogP contribution is 2.32. The van der Waals surface area contributed by atoms with Gasteiger partial charge in [0.25, 0.3) is 6.43 Å². The average Bonchev–Trinajstić information content (AvgIpc) is 2.98. The molecule has 0 bridgehead atoms. The molecule has 0 atom stereocenters. The Morgan fingerprint density at radius 1 is 1.35 bits per heavy atom. The number of rotatable bonds is 3. The molecule has 0 aliphatic carbocycles. The zero-order valence-corrected chi connectivity index (χ0v) is 10.6. The fourth-order valence-corrected chi connectivity index (χ4v) is 2.32. The first-order valence-corrected chi connectivity index (χ1v) is 5.94. The zero-order chi connectivity index (χ0) is 14.3. The normalized spacial score (nSPS) is 11.7. The maximum Gasteiger partial charge on any atom is 0.256 e. The third-order valence-corrected chi connectivity index (χ3v) is 3.03. The standard InChI is InChI=1S/C11H7ClF3N5/c12-5-1-6-8(13)3-20(4-9(14)15)10(6)7(2-5)11-16-18-19-17-11/h1-3,9H,4H2,(H,16,17,18,19). The van der Waals surface area contributed by atoms with E-state index in [0.29, 0.717) is 5.56 Å². The molecular formula is C11H7ClF3N5. The molecule has 104 valence electrons. The van der Waals surface area contributed by atoms with E-state index in [1.54, 1.807) is 0 Å². The largest absolute Gasteiger partial charge is 0.338 e. The third kappa shape index (κ3) is 2.11. The molecule has 5 nitrogen and oxygen atoms in total. The number of hydrogen-bond donors (Lipinski definition) is 1. The van der Waals surface area contributed by atoms with Gasteiger partial charge in [-0.25, -0.2) is 13.2 Å². The molecule has 0 amide bonds. The Kier molecular flexibility index (Phi) is 3.09. The van der Waals surface area contributed by atoms with E-state index >= 15 is 0 Å². The lowest BCUT2D eigenvalue weighted by Crippen LogP contribution is -2.05. The van der Waals surface area contributed by atoms with Crippen molar-refractivity contribution in [3.05, 3.63) is 29.2 Å². The van der Waals surface area contributed by atoms with Crippen LogP contribution >= 0.6 is 11.6 Å². The van der Waals surface area contributed by atoms with E-state index in [1.165, 1.54) is 12.1 Å². The van der Waals surface area contributed by atoms with Gasteiger partial charge in [0.2, 0.25) is 5.82 Å². The van der Waals surface area contributed by atoms with Crippen LogP contribution < -0.4 is 0 Å². The van der Waals surface area contributed by atoms with E-state index in [2.05, 4.69) is 20.6 Å². The Hall–Kier alpha value is -2.09. The molecule has 0 unspecified atom stereocenters. The molecule has 0 saturated carbocycles. The Labute approximate surface area is 115 Å². The SMILES string of the molecule is Fc1cn(CC(F)F)c2c(-c3nn[nH]n3)cc(Cl)cc12.